The van der Waals surface area contributed by atoms with Crippen LogP contribution >= 0.6 is 0 Å². The predicted molar refractivity (Wildman–Crippen MR) is 64.9 cm³/mol. The number of hydrogen-bond donors (Lipinski definition) is 0. The average molecular weight is 389 g/mol. The van der Waals surface area contributed by atoms with Gasteiger partial charge in [-0.2, -0.15) is 39.5 Å². The van der Waals surface area contributed by atoms with Gasteiger partial charge in [-0.3, -0.25) is 9.59 Å². The molecule has 140 valence electrons. The lowest BCUT2D eigenvalue weighted by atomic mass is 10.1. The summed E-state index contributed by atoms with van der Waals surface area (Å²) in [5.74, 6) is -22.7. The maximum absolute atomic E-state index is 14.0. The van der Waals surface area contributed by atoms with Gasteiger partial charge in [-0.15, -0.1) is 0 Å². The van der Waals surface area contributed by atoms with E-state index >= 15 is 0 Å². The molecule has 0 bridgehead atoms. The van der Waals surface area contributed by atoms with Gasteiger partial charge in [0.25, 0.3) is 11.8 Å². The molecule has 2 aliphatic rings. The van der Waals surface area contributed by atoms with E-state index in [2.05, 4.69) is 0 Å². The third kappa shape index (κ3) is 1.92. The maximum Gasteiger partial charge on any atom is 0.420 e. The molecule has 26 heavy (non-hydrogen) atoms. The summed E-state index contributed by atoms with van der Waals surface area (Å²) < 4.78 is 121. The second-order valence-corrected chi connectivity index (χ2v) is 5.44. The molecule has 0 aromatic heterocycles. The summed E-state index contributed by atoms with van der Waals surface area (Å²) in [5.41, 5.74) is -8.05. The Balaban J connectivity index is 2.35. The number of allylic oxidation sites excluding steroid dienone is 2. The van der Waals surface area contributed by atoms with Crippen LogP contribution in [0.25, 0.3) is 0 Å². The Morgan fingerprint density at radius 3 is 1.58 bits per heavy atom. The van der Waals surface area contributed by atoms with Crippen LogP contribution in [-0.2, 0) is 0 Å². The van der Waals surface area contributed by atoms with Crippen molar-refractivity contribution >= 4 is 11.8 Å². The van der Waals surface area contributed by atoms with Gasteiger partial charge in [-0.1, -0.05) is 12.1 Å². The molecule has 0 spiro atoms. The summed E-state index contributed by atoms with van der Waals surface area (Å²) in [6, 6.07) is 3.94. The molecule has 1 aromatic rings. The van der Waals surface area contributed by atoms with Gasteiger partial charge in [-0.05, 0) is 12.1 Å². The second kappa shape index (κ2) is 4.80. The quantitative estimate of drug-likeness (QED) is 0.538. The normalized spacial score (nSPS) is 23.7. The predicted octanol–water partition coefficient (Wildman–Crippen LogP) is 4.02. The number of halogens is 9. The first kappa shape index (κ1) is 18.3. The molecular formula is C14H4F9NO2. The highest BCUT2D eigenvalue weighted by atomic mass is 19.4. The van der Waals surface area contributed by atoms with Crippen molar-refractivity contribution < 1.29 is 49.1 Å². The molecule has 3 rings (SSSR count). The summed E-state index contributed by atoms with van der Waals surface area (Å²) >= 11 is 0. The van der Waals surface area contributed by atoms with Crippen LogP contribution in [0.3, 0.4) is 0 Å². The number of hydrogen-bond acceptors (Lipinski definition) is 2. The summed E-state index contributed by atoms with van der Waals surface area (Å²) in [4.78, 5) is 23.2. The minimum Gasteiger partial charge on any atom is -0.268 e. The van der Waals surface area contributed by atoms with Crippen molar-refractivity contribution in [2.75, 3.05) is 0 Å². The van der Waals surface area contributed by atoms with Crippen LogP contribution in [0.2, 0.25) is 0 Å². The van der Waals surface area contributed by atoms with Crippen LogP contribution in [0.4, 0.5) is 39.5 Å². The van der Waals surface area contributed by atoms with Gasteiger partial charge in [0.15, 0.2) is 0 Å². The lowest BCUT2D eigenvalue weighted by molar-refractivity contribution is -0.275. The van der Waals surface area contributed by atoms with Gasteiger partial charge in [0, 0.05) is 0 Å². The molecular weight excluding hydrogens is 385 g/mol. The first-order chi connectivity index (χ1) is 11.7. The monoisotopic (exact) mass is 389 g/mol. The first-order valence-electron chi connectivity index (χ1n) is 6.61. The van der Waals surface area contributed by atoms with Crippen molar-refractivity contribution in [2.45, 2.75) is 23.9 Å². The fraction of sp³-hybridized carbons (Fsp3) is 0.286. The topological polar surface area (TPSA) is 37.4 Å². The lowest BCUT2D eigenvalue weighted by Gasteiger charge is -2.27. The summed E-state index contributed by atoms with van der Waals surface area (Å²) in [6.45, 7) is 0. The molecule has 1 heterocycles. The van der Waals surface area contributed by atoms with E-state index in [1.807, 2.05) is 0 Å². The largest absolute Gasteiger partial charge is 0.420 e. The van der Waals surface area contributed by atoms with E-state index < -0.39 is 63.1 Å². The highest BCUT2D eigenvalue weighted by Gasteiger charge is 2.85. The highest BCUT2D eigenvalue weighted by molar-refractivity contribution is 6.22. The highest BCUT2D eigenvalue weighted by Crippen LogP contribution is 2.63. The zero-order valence-electron chi connectivity index (χ0n) is 12.0. The molecule has 12 heteroatoms. The number of rotatable bonds is 1. The molecule has 0 unspecified atom stereocenters. The van der Waals surface area contributed by atoms with Crippen LogP contribution in [-0.4, -0.2) is 40.7 Å². The third-order valence-electron chi connectivity index (χ3n) is 3.94. The molecule has 1 aromatic carbocycles. The zero-order chi connectivity index (χ0) is 19.9. The van der Waals surface area contributed by atoms with E-state index in [0.717, 1.165) is 24.3 Å². The fourth-order valence-electron chi connectivity index (χ4n) is 2.77. The number of imide groups is 1. The lowest BCUT2D eigenvalue weighted by Crippen LogP contribution is -2.51. The Morgan fingerprint density at radius 1 is 0.769 bits per heavy atom. The van der Waals surface area contributed by atoms with Gasteiger partial charge in [0.2, 0.25) is 0 Å². The van der Waals surface area contributed by atoms with E-state index in [4.69, 9.17) is 0 Å². The average Bonchev–Trinajstić information content (AvgIpc) is 2.80. The van der Waals surface area contributed by atoms with Gasteiger partial charge in [0.1, 0.15) is 11.3 Å². The molecule has 1 aliphatic heterocycles. The molecule has 1 aliphatic carbocycles. The number of amides is 2. The first-order valence-corrected chi connectivity index (χ1v) is 6.61. The summed E-state index contributed by atoms with van der Waals surface area (Å²) in [6.07, 6.45) is -6.36. The Bertz CT molecular complexity index is 834. The molecule has 0 N–H and O–H groups in total. The van der Waals surface area contributed by atoms with Crippen molar-refractivity contribution in [1.82, 2.24) is 4.90 Å². The Kier molecular flexibility index (Phi) is 3.37. The number of fused-ring (bicyclic) bond motifs is 1. The van der Waals surface area contributed by atoms with E-state index in [0.29, 0.717) is 0 Å². The third-order valence-corrected chi connectivity index (χ3v) is 3.94. The smallest absolute Gasteiger partial charge is 0.268 e. The standard InChI is InChI=1S/C14H4F9NO2/c15-11(16)7(13(19,20)21)8(12(17,18)14(11,22)23)24-9(25)5-3-1-2-4-6(5)10(24)26/h1-4H. The number of alkyl halides is 9. The van der Waals surface area contributed by atoms with Crippen molar-refractivity contribution in [3.63, 3.8) is 0 Å². The SMILES string of the molecule is O=C1c2ccccc2C(=O)N1C1=C(C(F)(F)F)C(F)(F)C(F)(F)C1(F)F. The van der Waals surface area contributed by atoms with Gasteiger partial charge in [0.05, 0.1) is 11.1 Å². The summed E-state index contributed by atoms with van der Waals surface area (Å²) in [5, 5.41) is 0. The van der Waals surface area contributed by atoms with E-state index in [9.17, 15) is 49.1 Å². The van der Waals surface area contributed by atoms with E-state index in [1.54, 1.807) is 0 Å². The Hall–Kier alpha value is -2.53. The number of carbonyl (C=O) groups excluding carboxylic acids is 2. The molecule has 0 saturated carbocycles. The number of carbonyl (C=O) groups is 2. The molecule has 0 atom stereocenters. The Morgan fingerprint density at radius 2 is 1.19 bits per heavy atom. The Labute approximate surface area is 137 Å². The minimum atomic E-state index is -6.50. The number of benzene rings is 1. The fourth-order valence-corrected chi connectivity index (χ4v) is 2.77. The molecule has 2 amide bonds. The van der Waals surface area contributed by atoms with Crippen LogP contribution < -0.4 is 0 Å². The zero-order valence-corrected chi connectivity index (χ0v) is 12.0. The van der Waals surface area contributed by atoms with Gasteiger partial charge in [-0.25, -0.2) is 4.90 Å². The van der Waals surface area contributed by atoms with Crippen LogP contribution in [0.5, 0.6) is 0 Å². The van der Waals surface area contributed by atoms with Crippen LogP contribution in [0, 0.1) is 0 Å². The van der Waals surface area contributed by atoms with Crippen molar-refractivity contribution in [2.24, 2.45) is 0 Å². The molecule has 3 nitrogen and oxygen atoms in total. The van der Waals surface area contributed by atoms with Gasteiger partial charge >= 0.3 is 23.9 Å². The number of nitrogens with zero attached hydrogens (tertiary/aromatic N) is 1. The molecule has 0 saturated heterocycles. The van der Waals surface area contributed by atoms with Crippen molar-refractivity contribution in [1.29, 1.82) is 0 Å². The van der Waals surface area contributed by atoms with Crippen molar-refractivity contribution in [3.8, 4) is 0 Å². The van der Waals surface area contributed by atoms with Crippen LogP contribution in [0.1, 0.15) is 20.7 Å². The van der Waals surface area contributed by atoms with Crippen LogP contribution in [0.15, 0.2) is 35.5 Å². The maximum atomic E-state index is 14.0. The van der Waals surface area contributed by atoms with E-state index in [-0.39, 0.29) is 0 Å². The second-order valence-electron chi connectivity index (χ2n) is 5.44. The van der Waals surface area contributed by atoms with Crippen molar-refractivity contribution in [3.05, 3.63) is 46.7 Å². The minimum absolute atomic E-state index is 0.680. The van der Waals surface area contributed by atoms with E-state index in [1.165, 1.54) is 0 Å². The summed E-state index contributed by atoms with van der Waals surface area (Å²) in [7, 11) is 0. The molecule has 0 radical (unpaired) electrons. The van der Waals surface area contributed by atoms with Gasteiger partial charge < -0.3 is 0 Å². The molecule has 0 fully saturated rings.